The SMILES string of the molecule is NC1CCC(OC2(c3cccnc3)C=CNC=N2)CC1. The molecule has 106 valence electrons. The fourth-order valence-corrected chi connectivity index (χ4v) is 2.72. The van der Waals surface area contributed by atoms with Crippen molar-refractivity contribution in [3.8, 4) is 0 Å². The molecule has 1 saturated carbocycles. The molecule has 1 aromatic rings. The summed E-state index contributed by atoms with van der Waals surface area (Å²) in [5.41, 5.74) is 6.14. The fraction of sp³-hybridized carbons (Fsp3) is 0.467. The van der Waals surface area contributed by atoms with Gasteiger partial charge in [-0.15, -0.1) is 0 Å². The van der Waals surface area contributed by atoms with Gasteiger partial charge in [-0.05, 0) is 37.8 Å². The van der Waals surface area contributed by atoms with Crippen LogP contribution in [-0.2, 0) is 10.5 Å². The third-order valence-electron chi connectivity index (χ3n) is 3.88. The maximum atomic E-state index is 6.33. The van der Waals surface area contributed by atoms with Crippen LogP contribution in [-0.4, -0.2) is 23.5 Å². The fourth-order valence-electron chi connectivity index (χ4n) is 2.72. The first-order chi connectivity index (χ1) is 9.78. The van der Waals surface area contributed by atoms with Gasteiger partial charge in [-0.2, -0.15) is 0 Å². The molecule has 1 atom stereocenters. The Morgan fingerprint density at radius 2 is 2.15 bits per heavy atom. The highest BCUT2D eigenvalue weighted by Crippen LogP contribution is 2.34. The number of hydrogen-bond acceptors (Lipinski definition) is 5. The Balaban J connectivity index is 1.82. The molecule has 5 nitrogen and oxygen atoms in total. The van der Waals surface area contributed by atoms with E-state index in [-0.39, 0.29) is 6.10 Å². The van der Waals surface area contributed by atoms with Crippen molar-refractivity contribution in [3.63, 3.8) is 0 Å². The average Bonchev–Trinajstić information content (AvgIpc) is 2.52. The summed E-state index contributed by atoms with van der Waals surface area (Å²) in [5.74, 6) is 0. The summed E-state index contributed by atoms with van der Waals surface area (Å²) in [6.07, 6.45) is 13.2. The standard InChI is InChI=1S/C15H20N4O/c16-13-3-5-14(6-4-13)20-15(7-9-18-11-19-15)12-2-1-8-17-10-12/h1-2,7-11,13-14H,3-6,16H2,(H,18,19). The lowest BCUT2D eigenvalue weighted by Crippen LogP contribution is -2.38. The zero-order chi connectivity index (χ0) is 13.8. The van der Waals surface area contributed by atoms with E-state index in [9.17, 15) is 0 Å². The molecule has 1 unspecified atom stereocenters. The van der Waals surface area contributed by atoms with Crippen LogP contribution in [0.5, 0.6) is 0 Å². The van der Waals surface area contributed by atoms with Crippen molar-refractivity contribution in [1.82, 2.24) is 10.3 Å². The van der Waals surface area contributed by atoms with Crippen molar-refractivity contribution in [2.24, 2.45) is 10.7 Å². The van der Waals surface area contributed by atoms with Crippen LogP contribution in [0, 0.1) is 0 Å². The van der Waals surface area contributed by atoms with Crippen molar-refractivity contribution in [1.29, 1.82) is 0 Å². The van der Waals surface area contributed by atoms with Gasteiger partial charge in [0.15, 0.2) is 0 Å². The van der Waals surface area contributed by atoms with Gasteiger partial charge in [0.1, 0.15) is 0 Å². The molecule has 20 heavy (non-hydrogen) atoms. The molecule has 2 heterocycles. The summed E-state index contributed by atoms with van der Waals surface area (Å²) in [4.78, 5) is 8.71. The van der Waals surface area contributed by atoms with Crippen LogP contribution in [0.2, 0.25) is 0 Å². The number of aliphatic imine (C=N–C) groups is 1. The van der Waals surface area contributed by atoms with E-state index in [4.69, 9.17) is 10.5 Å². The Kier molecular flexibility index (Phi) is 3.80. The number of nitrogens with one attached hydrogen (secondary N) is 1. The highest BCUT2D eigenvalue weighted by Gasteiger charge is 2.35. The van der Waals surface area contributed by atoms with E-state index >= 15 is 0 Å². The van der Waals surface area contributed by atoms with Crippen LogP contribution in [0.25, 0.3) is 0 Å². The molecule has 3 rings (SSSR count). The van der Waals surface area contributed by atoms with Gasteiger partial charge >= 0.3 is 0 Å². The molecule has 1 aromatic heterocycles. The average molecular weight is 272 g/mol. The van der Waals surface area contributed by atoms with E-state index in [1.807, 2.05) is 30.6 Å². The van der Waals surface area contributed by atoms with Crippen LogP contribution < -0.4 is 11.1 Å². The molecular formula is C15H20N4O. The van der Waals surface area contributed by atoms with E-state index in [0.29, 0.717) is 6.04 Å². The van der Waals surface area contributed by atoms with E-state index < -0.39 is 5.72 Å². The van der Waals surface area contributed by atoms with E-state index in [2.05, 4.69) is 15.3 Å². The van der Waals surface area contributed by atoms with Gasteiger partial charge in [0.05, 0.1) is 12.4 Å². The molecular weight excluding hydrogens is 252 g/mol. The second kappa shape index (κ2) is 5.73. The Bertz CT molecular complexity index is 480. The first kappa shape index (κ1) is 13.3. The van der Waals surface area contributed by atoms with Gasteiger partial charge < -0.3 is 15.8 Å². The Hall–Kier alpha value is -1.72. The molecule has 2 aliphatic rings. The second-order valence-electron chi connectivity index (χ2n) is 5.35. The van der Waals surface area contributed by atoms with Gasteiger partial charge in [0.25, 0.3) is 0 Å². The maximum Gasteiger partial charge on any atom is 0.209 e. The summed E-state index contributed by atoms with van der Waals surface area (Å²) < 4.78 is 6.33. The monoisotopic (exact) mass is 272 g/mol. The van der Waals surface area contributed by atoms with Gasteiger partial charge in [-0.25, -0.2) is 4.99 Å². The maximum absolute atomic E-state index is 6.33. The quantitative estimate of drug-likeness (QED) is 0.878. The topological polar surface area (TPSA) is 72.5 Å². The molecule has 1 aliphatic carbocycles. The second-order valence-corrected chi connectivity index (χ2v) is 5.35. The smallest absolute Gasteiger partial charge is 0.209 e. The van der Waals surface area contributed by atoms with Gasteiger partial charge in [-0.1, -0.05) is 6.07 Å². The molecule has 0 spiro atoms. The highest BCUT2D eigenvalue weighted by atomic mass is 16.5. The zero-order valence-corrected chi connectivity index (χ0v) is 11.4. The van der Waals surface area contributed by atoms with E-state index in [0.717, 1.165) is 31.2 Å². The lowest BCUT2D eigenvalue weighted by atomic mass is 9.93. The zero-order valence-electron chi connectivity index (χ0n) is 11.4. The lowest BCUT2D eigenvalue weighted by Gasteiger charge is -2.35. The summed E-state index contributed by atoms with van der Waals surface area (Å²) in [5, 5.41) is 2.96. The first-order valence-corrected chi connectivity index (χ1v) is 7.10. The van der Waals surface area contributed by atoms with Crippen LogP contribution in [0.4, 0.5) is 0 Å². The molecule has 1 aliphatic heterocycles. The highest BCUT2D eigenvalue weighted by molar-refractivity contribution is 5.59. The molecule has 1 fully saturated rings. The van der Waals surface area contributed by atoms with Gasteiger partial charge in [0.2, 0.25) is 5.72 Å². The predicted octanol–water partition coefficient (Wildman–Crippen LogP) is 1.67. The normalized spacial score (nSPS) is 32.9. The van der Waals surface area contributed by atoms with Crippen LogP contribution >= 0.6 is 0 Å². The predicted molar refractivity (Wildman–Crippen MR) is 78.0 cm³/mol. The molecule has 3 N–H and O–H groups in total. The summed E-state index contributed by atoms with van der Waals surface area (Å²) in [6.45, 7) is 0. The van der Waals surface area contributed by atoms with Crippen molar-refractivity contribution in [2.75, 3.05) is 0 Å². The number of pyridine rings is 1. The number of aromatic nitrogens is 1. The van der Waals surface area contributed by atoms with Crippen molar-refractivity contribution in [2.45, 2.75) is 43.6 Å². The first-order valence-electron chi connectivity index (χ1n) is 7.10. The molecule has 0 bridgehead atoms. The largest absolute Gasteiger partial charge is 0.353 e. The van der Waals surface area contributed by atoms with Crippen molar-refractivity contribution < 1.29 is 4.74 Å². The van der Waals surface area contributed by atoms with Crippen LogP contribution in [0.1, 0.15) is 31.2 Å². The van der Waals surface area contributed by atoms with Crippen LogP contribution in [0.3, 0.4) is 0 Å². The third-order valence-corrected chi connectivity index (χ3v) is 3.88. The minimum absolute atomic E-state index is 0.190. The minimum Gasteiger partial charge on any atom is -0.353 e. The van der Waals surface area contributed by atoms with Crippen molar-refractivity contribution >= 4 is 6.34 Å². The summed E-state index contributed by atoms with van der Waals surface area (Å²) in [6, 6.07) is 4.22. The van der Waals surface area contributed by atoms with Gasteiger partial charge in [-0.3, -0.25) is 4.98 Å². The Morgan fingerprint density at radius 3 is 2.80 bits per heavy atom. The number of nitrogens with zero attached hydrogens (tertiary/aromatic N) is 2. The Morgan fingerprint density at radius 1 is 1.30 bits per heavy atom. The Labute approximate surface area is 118 Å². The number of nitrogens with two attached hydrogens (primary N) is 1. The number of rotatable bonds is 3. The minimum atomic E-state index is -0.758. The third kappa shape index (κ3) is 2.73. The molecule has 0 aromatic carbocycles. The van der Waals surface area contributed by atoms with Crippen molar-refractivity contribution in [3.05, 3.63) is 42.4 Å². The molecule has 0 amide bonds. The van der Waals surface area contributed by atoms with E-state index in [1.165, 1.54) is 0 Å². The number of hydrogen-bond donors (Lipinski definition) is 2. The van der Waals surface area contributed by atoms with Gasteiger partial charge in [0, 0.05) is 30.2 Å². The molecule has 0 radical (unpaired) electrons. The summed E-state index contributed by atoms with van der Waals surface area (Å²) in [7, 11) is 0. The molecule has 5 heteroatoms. The summed E-state index contributed by atoms with van der Waals surface area (Å²) >= 11 is 0. The number of ether oxygens (including phenoxy) is 1. The van der Waals surface area contributed by atoms with Crippen LogP contribution in [0.15, 0.2) is 41.8 Å². The van der Waals surface area contributed by atoms with E-state index in [1.54, 1.807) is 12.5 Å². The molecule has 0 saturated heterocycles. The lowest BCUT2D eigenvalue weighted by molar-refractivity contribution is -0.0788.